The number of carbonyl (C=O) groups excluding carboxylic acids is 3. The number of amides is 3. The van der Waals surface area contributed by atoms with Gasteiger partial charge in [-0.1, -0.05) is 0 Å². The molecule has 0 aliphatic carbocycles. The number of carboxylic acid groups (broad SMARTS) is 1. The molecule has 3 amide bonds. The first-order chi connectivity index (χ1) is 18.2. The molecule has 13 heteroatoms. The van der Waals surface area contributed by atoms with E-state index in [2.05, 4.69) is 31.2 Å². The van der Waals surface area contributed by atoms with Crippen LogP contribution < -0.4 is 26.0 Å². The zero-order valence-corrected chi connectivity index (χ0v) is 20.3. The largest absolute Gasteiger partial charge is 0.507 e. The van der Waals surface area contributed by atoms with Gasteiger partial charge in [0.25, 0.3) is 5.91 Å². The van der Waals surface area contributed by atoms with E-state index in [9.17, 15) is 29.4 Å². The van der Waals surface area contributed by atoms with Crippen molar-refractivity contribution in [2.45, 2.75) is 13.0 Å². The number of anilines is 2. The van der Waals surface area contributed by atoms with Crippen molar-refractivity contribution in [3.05, 3.63) is 72.1 Å². The number of Topliss-reactive ketones (excluding diaryl/α,β-unsaturated/α-hetero) is 1. The minimum absolute atomic E-state index is 0.104. The van der Waals surface area contributed by atoms with Crippen molar-refractivity contribution in [1.29, 1.82) is 0 Å². The van der Waals surface area contributed by atoms with Gasteiger partial charge >= 0.3 is 12.0 Å². The Bertz CT molecular complexity index is 1290. The van der Waals surface area contributed by atoms with E-state index in [0.29, 0.717) is 29.5 Å². The fourth-order valence-corrected chi connectivity index (χ4v) is 3.12. The first-order valence-corrected chi connectivity index (χ1v) is 11.4. The molecule has 1 heterocycles. The molecule has 2 aromatic carbocycles. The highest BCUT2D eigenvalue weighted by atomic mass is 16.5. The molecule has 3 rings (SSSR count). The van der Waals surface area contributed by atoms with Crippen LogP contribution in [0.15, 0.2) is 60.9 Å². The van der Waals surface area contributed by atoms with Crippen LogP contribution in [0, 0.1) is 0 Å². The molecule has 0 saturated carbocycles. The van der Waals surface area contributed by atoms with Crippen LogP contribution in [0.2, 0.25) is 0 Å². The molecule has 13 nitrogen and oxygen atoms in total. The van der Waals surface area contributed by atoms with Gasteiger partial charge in [-0.3, -0.25) is 9.59 Å². The number of phenols is 1. The van der Waals surface area contributed by atoms with Gasteiger partial charge in [-0.15, -0.1) is 0 Å². The van der Waals surface area contributed by atoms with E-state index in [-0.39, 0.29) is 23.7 Å². The molecule has 0 spiro atoms. The van der Waals surface area contributed by atoms with Crippen molar-refractivity contribution in [3.63, 3.8) is 0 Å². The molecule has 1 atom stereocenters. The smallest absolute Gasteiger partial charge is 0.328 e. The van der Waals surface area contributed by atoms with Crippen LogP contribution in [-0.2, 0) is 4.79 Å². The maximum atomic E-state index is 12.5. The Morgan fingerprint density at radius 2 is 1.74 bits per heavy atom. The number of nitrogens with one attached hydrogen (secondary N) is 4. The summed E-state index contributed by atoms with van der Waals surface area (Å²) in [5, 5.41) is 29.7. The quantitative estimate of drug-likeness (QED) is 0.151. The Kier molecular flexibility index (Phi) is 9.52. The summed E-state index contributed by atoms with van der Waals surface area (Å²) in [5.41, 5.74) is 0.699. The highest BCUT2D eigenvalue weighted by Gasteiger charge is 2.22. The molecule has 3 aromatic rings. The van der Waals surface area contributed by atoms with E-state index in [1.54, 1.807) is 18.5 Å². The average Bonchev–Trinajstić information content (AvgIpc) is 2.89. The third kappa shape index (κ3) is 8.19. The molecule has 0 saturated heterocycles. The molecule has 38 heavy (non-hydrogen) atoms. The van der Waals surface area contributed by atoms with Crippen LogP contribution in [0.5, 0.6) is 11.5 Å². The Morgan fingerprint density at radius 3 is 2.37 bits per heavy atom. The Labute approximate surface area is 217 Å². The van der Waals surface area contributed by atoms with Gasteiger partial charge in [-0.05, 0) is 49.4 Å². The molecule has 0 aliphatic heterocycles. The first kappa shape index (κ1) is 27.4. The number of carbonyl (C=O) groups is 4. The number of aromatic nitrogens is 2. The molecular weight excluding hydrogens is 496 g/mol. The minimum atomic E-state index is -1.46. The van der Waals surface area contributed by atoms with E-state index in [4.69, 9.17) is 4.74 Å². The zero-order valence-electron chi connectivity index (χ0n) is 20.3. The summed E-state index contributed by atoms with van der Waals surface area (Å²) < 4.78 is 5.53. The Hall–Kier alpha value is -5.20. The standard InChI is InChI=1S/C25H26N6O7/c1-15(32)16-3-5-17(6-4-16)30-25(37)31-20(23(35)36)14-29-22(34)19-8-7-18(13-21(19)33)38-12-11-28-24-26-9-2-10-27-24/h2-10,13,20,33H,11-12,14H2,1H3,(H,29,34)(H,35,36)(H,26,27,28)(H2,30,31,37)/t20-/m0/s1. The number of ether oxygens (including phenoxy) is 1. The molecular formula is C25H26N6O7. The summed E-state index contributed by atoms with van der Waals surface area (Å²) in [7, 11) is 0. The number of aliphatic carboxylic acids is 1. The number of nitrogens with zero attached hydrogens (tertiary/aromatic N) is 2. The number of urea groups is 1. The third-order valence-corrected chi connectivity index (χ3v) is 5.05. The minimum Gasteiger partial charge on any atom is -0.507 e. The number of benzene rings is 2. The van der Waals surface area contributed by atoms with Crippen molar-refractivity contribution in [2.75, 3.05) is 30.3 Å². The Balaban J connectivity index is 1.48. The molecule has 198 valence electrons. The van der Waals surface area contributed by atoms with Crippen LogP contribution in [0.1, 0.15) is 27.6 Å². The van der Waals surface area contributed by atoms with Crippen molar-refractivity contribution in [3.8, 4) is 11.5 Å². The lowest BCUT2D eigenvalue weighted by Gasteiger charge is -2.16. The molecule has 0 unspecified atom stereocenters. The van der Waals surface area contributed by atoms with Gasteiger partial charge in [0.1, 0.15) is 24.1 Å². The normalized spacial score (nSPS) is 11.1. The number of hydrogen-bond acceptors (Lipinski definition) is 9. The van der Waals surface area contributed by atoms with Crippen molar-refractivity contribution >= 4 is 35.3 Å². The lowest BCUT2D eigenvalue weighted by Crippen LogP contribution is -2.49. The molecule has 0 fully saturated rings. The maximum absolute atomic E-state index is 12.5. The van der Waals surface area contributed by atoms with Crippen LogP contribution in [0.25, 0.3) is 0 Å². The van der Waals surface area contributed by atoms with Crippen LogP contribution >= 0.6 is 0 Å². The molecule has 6 N–H and O–H groups in total. The number of phenolic OH excluding ortho intramolecular Hbond substituents is 1. The number of carboxylic acids is 1. The van der Waals surface area contributed by atoms with Gasteiger partial charge in [0.05, 0.1) is 12.1 Å². The molecule has 1 aromatic heterocycles. The summed E-state index contributed by atoms with van der Waals surface area (Å²) in [5.74, 6) is -1.87. The van der Waals surface area contributed by atoms with Gasteiger partial charge in [0.2, 0.25) is 5.95 Å². The maximum Gasteiger partial charge on any atom is 0.328 e. The van der Waals surface area contributed by atoms with E-state index < -0.39 is 30.5 Å². The molecule has 0 radical (unpaired) electrons. The fourth-order valence-electron chi connectivity index (χ4n) is 3.12. The van der Waals surface area contributed by atoms with Crippen molar-refractivity contribution < 1.29 is 34.1 Å². The monoisotopic (exact) mass is 522 g/mol. The van der Waals surface area contributed by atoms with E-state index >= 15 is 0 Å². The molecule has 0 aliphatic rings. The highest BCUT2D eigenvalue weighted by Crippen LogP contribution is 2.23. The van der Waals surface area contributed by atoms with Crippen LogP contribution in [-0.4, -0.2) is 69.6 Å². The van der Waals surface area contributed by atoms with Gasteiger partial charge in [-0.25, -0.2) is 19.6 Å². The van der Waals surface area contributed by atoms with E-state index in [0.717, 1.165) is 0 Å². The summed E-state index contributed by atoms with van der Waals surface area (Å²) >= 11 is 0. The van der Waals surface area contributed by atoms with Crippen LogP contribution in [0.3, 0.4) is 0 Å². The van der Waals surface area contributed by atoms with Gasteiger partial charge in [0, 0.05) is 36.3 Å². The zero-order chi connectivity index (χ0) is 27.5. The summed E-state index contributed by atoms with van der Waals surface area (Å²) in [4.78, 5) is 55.7. The van der Waals surface area contributed by atoms with Crippen molar-refractivity contribution in [1.82, 2.24) is 20.6 Å². The lowest BCUT2D eigenvalue weighted by atomic mass is 10.1. The summed E-state index contributed by atoms with van der Waals surface area (Å²) in [6.07, 6.45) is 3.19. The second-order valence-corrected chi connectivity index (χ2v) is 7.86. The predicted molar refractivity (Wildman–Crippen MR) is 136 cm³/mol. The van der Waals surface area contributed by atoms with Gasteiger partial charge < -0.3 is 36.2 Å². The van der Waals surface area contributed by atoms with Crippen molar-refractivity contribution in [2.24, 2.45) is 0 Å². The van der Waals surface area contributed by atoms with Crippen LogP contribution in [0.4, 0.5) is 16.4 Å². The predicted octanol–water partition coefficient (Wildman–Crippen LogP) is 1.88. The Morgan fingerprint density at radius 1 is 1.03 bits per heavy atom. The number of aromatic hydroxyl groups is 1. The second kappa shape index (κ2) is 13.2. The lowest BCUT2D eigenvalue weighted by molar-refractivity contribution is -0.138. The average molecular weight is 523 g/mol. The second-order valence-electron chi connectivity index (χ2n) is 7.86. The summed E-state index contributed by atoms with van der Waals surface area (Å²) in [6.45, 7) is 1.59. The molecule has 0 bridgehead atoms. The highest BCUT2D eigenvalue weighted by molar-refractivity contribution is 5.98. The number of hydrogen-bond donors (Lipinski definition) is 6. The van der Waals surface area contributed by atoms with Gasteiger partial charge in [0.15, 0.2) is 5.78 Å². The first-order valence-electron chi connectivity index (χ1n) is 11.4. The van der Waals surface area contributed by atoms with Gasteiger partial charge in [-0.2, -0.15) is 0 Å². The van der Waals surface area contributed by atoms with E-state index in [1.165, 1.54) is 49.4 Å². The number of ketones is 1. The number of rotatable bonds is 12. The fraction of sp³-hybridized carbons (Fsp3) is 0.200. The summed E-state index contributed by atoms with van der Waals surface area (Å²) in [6, 6.07) is 9.51. The third-order valence-electron chi connectivity index (χ3n) is 5.05. The van der Waals surface area contributed by atoms with E-state index in [1.807, 2.05) is 0 Å². The topological polar surface area (TPSA) is 192 Å². The SMILES string of the molecule is CC(=O)c1ccc(NC(=O)N[C@@H](CNC(=O)c2ccc(OCCNc3ncccn3)cc2O)C(=O)O)cc1.